The maximum absolute atomic E-state index is 12.2. The number of alkyl halides is 3. The van der Waals surface area contributed by atoms with Crippen LogP contribution >= 0.6 is 0 Å². The molecule has 22 heavy (non-hydrogen) atoms. The third-order valence-corrected chi connectivity index (χ3v) is 3.10. The van der Waals surface area contributed by atoms with E-state index in [0.29, 0.717) is 18.5 Å². The van der Waals surface area contributed by atoms with Gasteiger partial charge in [0.25, 0.3) is 0 Å². The minimum Gasteiger partial charge on any atom is -0.468 e. The third-order valence-electron chi connectivity index (χ3n) is 3.10. The summed E-state index contributed by atoms with van der Waals surface area (Å²) in [5.41, 5.74) is 0.346. The van der Waals surface area contributed by atoms with Gasteiger partial charge in [-0.3, -0.25) is 4.79 Å². The zero-order valence-corrected chi connectivity index (χ0v) is 11.6. The van der Waals surface area contributed by atoms with Crippen LogP contribution in [0.25, 0.3) is 0 Å². The van der Waals surface area contributed by atoms with E-state index in [1.807, 2.05) is 0 Å². The number of ether oxygens (including phenoxy) is 1. The van der Waals surface area contributed by atoms with Crippen LogP contribution in [-0.2, 0) is 11.3 Å². The molecule has 1 amide bonds. The Kier molecular flexibility index (Phi) is 5.19. The summed E-state index contributed by atoms with van der Waals surface area (Å²) in [5.74, 6) is -0.498. The fourth-order valence-electron chi connectivity index (χ4n) is 2.06. The van der Waals surface area contributed by atoms with Gasteiger partial charge in [0.15, 0.2) is 6.61 Å². The van der Waals surface area contributed by atoms with Crippen LogP contribution in [-0.4, -0.2) is 47.5 Å². The lowest BCUT2D eigenvalue weighted by atomic mass is 10.2. The molecule has 0 aromatic carbocycles. The summed E-state index contributed by atoms with van der Waals surface area (Å²) in [5, 5.41) is 14.8. The lowest BCUT2D eigenvalue weighted by Gasteiger charge is -2.14. The molecule has 1 aromatic heterocycles. The molecule has 2 unspecified atom stereocenters. The van der Waals surface area contributed by atoms with E-state index < -0.39 is 24.9 Å². The third kappa shape index (κ3) is 4.85. The number of aliphatic hydroxyl groups is 1. The largest absolute Gasteiger partial charge is 0.468 e. The molecule has 1 fully saturated rings. The van der Waals surface area contributed by atoms with Gasteiger partial charge in [-0.05, 0) is 12.5 Å². The number of nitrogens with one attached hydrogen (secondary N) is 2. The summed E-state index contributed by atoms with van der Waals surface area (Å²) >= 11 is 0. The topological polar surface area (TPSA) is 83.5 Å². The first-order valence-electron chi connectivity index (χ1n) is 6.68. The number of pyridine rings is 1. The lowest BCUT2D eigenvalue weighted by Crippen LogP contribution is -2.40. The van der Waals surface area contributed by atoms with Crippen molar-refractivity contribution >= 4 is 5.91 Å². The van der Waals surface area contributed by atoms with E-state index >= 15 is 0 Å². The smallest absolute Gasteiger partial charge is 0.422 e. The molecular formula is C13H16F3N3O3. The summed E-state index contributed by atoms with van der Waals surface area (Å²) in [4.78, 5) is 15.6. The maximum atomic E-state index is 12.2. The van der Waals surface area contributed by atoms with Crippen molar-refractivity contribution in [3.8, 4) is 5.88 Å². The highest BCUT2D eigenvalue weighted by atomic mass is 19.4. The average molecular weight is 319 g/mol. The fraction of sp³-hybridized carbons (Fsp3) is 0.538. The number of hydrogen-bond donors (Lipinski definition) is 3. The zero-order valence-electron chi connectivity index (χ0n) is 11.6. The summed E-state index contributed by atoms with van der Waals surface area (Å²) in [6, 6.07) is 2.56. The van der Waals surface area contributed by atoms with E-state index in [2.05, 4.69) is 20.4 Å². The highest BCUT2D eigenvalue weighted by Gasteiger charge is 2.30. The monoisotopic (exact) mass is 319 g/mol. The van der Waals surface area contributed by atoms with E-state index in [4.69, 9.17) is 0 Å². The summed E-state index contributed by atoms with van der Waals surface area (Å²) in [6.07, 6.45) is -3.41. The van der Waals surface area contributed by atoms with Gasteiger partial charge in [-0.2, -0.15) is 13.2 Å². The minimum atomic E-state index is -4.46. The van der Waals surface area contributed by atoms with Crippen molar-refractivity contribution in [2.75, 3.05) is 13.2 Å². The van der Waals surface area contributed by atoms with Crippen molar-refractivity contribution < 1.29 is 27.8 Å². The quantitative estimate of drug-likeness (QED) is 0.730. The highest BCUT2D eigenvalue weighted by molar-refractivity contribution is 5.82. The van der Waals surface area contributed by atoms with Crippen LogP contribution in [0.2, 0.25) is 0 Å². The van der Waals surface area contributed by atoms with Crippen molar-refractivity contribution in [2.24, 2.45) is 0 Å². The van der Waals surface area contributed by atoms with E-state index in [9.17, 15) is 23.1 Å². The molecule has 3 N–H and O–H groups in total. The molecule has 122 valence electrons. The molecule has 2 rings (SSSR count). The first kappa shape index (κ1) is 16.5. The van der Waals surface area contributed by atoms with Gasteiger partial charge in [0.2, 0.25) is 11.8 Å². The van der Waals surface area contributed by atoms with E-state index in [1.165, 1.54) is 12.3 Å². The van der Waals surface area contributed by atoms with E-state index in [0.717, 1.165) is 0 Å². The van der Waals surface area contributed by atoms with Gasteiger partial charge in [-0.25, -0.2) is 4.98 Å². The van der Waals surface area contributed by atoms with Gasteiger partial charge in [-0.15, -0.1) is 0 Å². The molecule has 6 nitrogen and oxygen atoms in total. The van der Waals surface area contributed by atoms with Gasteiger partial charge in [-0.1, -0.05) is 6.07 Å². The van der Waals surface area contributed by atoms with E-state index in [-0.39, 0.29) is 18.3 Å². The van der Waals surface area contributed by atoms with Crippen LogP contribution in [0.3, 0.4) is 0 Å². The number of halogens is 3. The molecule has 1 aliphatic heterocycles. The molecule has 1 aromatic rings. The second kappa shape index (κ2) is 6.93. The number of nitrogens with zero attached hydrogens (tertiary/aromatic N) is 1. The molecule has 2 atom stereocenters. The summed E-state index contributed by atoms with van der Waals surface area (Å²) < 4.78 is 41.2. The Morgan fingerprint density at radius 1 is 1.55 bits per heavy atom. The predicted molar refractivity (Wildman–Crippen MR) is 70.0 cm³/mol. The number of aliphatic hydroxyl groups excluding tert-OH is 1. The number of amides is 1. The zero-order chi connectivity index (χ0) is 16.2. The van der Waals surface area contributed by atoms with E-state index in [1.54, 1.807) is 6.07 Å². The molecule has 0 bridgehead atoms. The fourth-order valence-corrected chi connectivity index (χ4v) is 2.06. The Labute approximate surface area is 124 Å². The normalized spacial score (nSPS) is 21.6. The van der Waals surface area contributed by atoms with Gasteiger partial charge in [0.1, 0.15) is 0 Å². The second-order valence-electron chi connectivity index (χ2n) is 4.94. The molecule has 1 saturated heterocycles. The number of aromatic nitrogens is 1. The number of β-amino-alcohol motifs (C(OH)–C–C–N with tert-alkyl or cyclic N) is 1. The van der Waals surface area contributed by atoms with Gasteiger partial charge in [0.05, 0.1) is 12.1 Å². The molecule has 9 heteroatoms. The molecule has 1 aliphatic rings. The van der Waals surface area contributed by atoms with Crippen molar-refractivity contribution in [3.63, 3.8) is 0 Å². The van der Waals surface area contributed by atoms with Crippen molar-refractivity contribution in [2.45, 2.75) is 31.3 Å². The first-order chi connectivity index (χ1) is 10.3. The number of carbonyl (C=O) groups excluding carboxylic acids is 1. The number of rotatable bonds is 5. The number of carbonyl (C=O) groups is 1. The minimum absolute atomic E-state index is 0.00581. The standard InChI is InChI=1S/C13H16F3N3O3/c14-13(15,16)7-22-12-8(2-1-3-17-12)5-19-11(21)10-4-9(20)6-18-10/h1-3,9-10,18,20H,4-7H2,(H,19,21). The molecule has 2 heterocycles. The van der Waals surface area contributed by atoms with Crippen LogP contribution in [0.1, 0.15) is 12.0 Å². The van der Waals surface area contributed by atoms with Crippen LogP contribution in [0.4, 0.5) is 13.2 Å². The van der Waals surface area contributed by atoms with Crippen molar-refractivity contribution in [1.82, 2.24) is 15.6 Å². The Morgan fingerprint density at radius 2 is 2.32 bits per heavy atom. The Balaban J connectivity index is 1.91. The van der Waals surface area contributed by atoms with Crippen LogP contribution < -0.4 is 15.4 Å². The maximum Gasteiger partial charge on any atom is 0.422 e. The van der Waals surface area contributed by atoms with Gasteiger partial charge in [0, 0.05) is 24.8 Å². The van der Waals surface area contributed by atoms with Crippen molar-refractivity contribution in [1.29, 1.82) is 0 Å². The Hall–Kier alpha value is -1.87. The molecular weight excluding hydrogens is 303 g/mol. The average Bonchev–Trinajstić information content (AvgIpc) is 2.89. The Bertz CT molecular complexity index is 525. The number of hydrogen-bond acceptors (Lipinski definition) is 5. The summed E-state index contributed by atoms with van der Waals surface area (Å²) in [6.45, 7) is -1.11. The molecule has 0 aliphatic carbocycles. The SMILES string of the molecule is O=C(NCc1cccnc1OCC(F)(F)F)C1CC(O)CN1. The highest BCUT2D eigenvalue weighted by Crippen LogP contribution is 2.20. The second-order valence-corrected chi connectivity index (χ2v) is 4.94. The first-order valence-corrected chi connectivity index (χ1v) is 6.68. The predicted octanol–water partition coefficient (Wildman–Crippen LogP) is 0.362. The van der Waals surface area contributed by atoms with Crippen LogP contribution in [0.5, 0.6) is 5.88 Å². The van der Waals surface area contributed by atoms with Crippen LogP contribution in [0, 0.1) is 0 Å². The van der Waals surface area contributed by atoms with Crippen molar-refractivity contribution in [3.05, 3.63) is 23.9 Å². The molecule has 0 saturated carbocycles. The van der Waals surface area contributed by atoms with Gasteiger partial charge < -0.3 is 20.5 Å². The summed E-state index contributed by atoms with van der Waals surface area (Å²) in [7, 11) is 0. The Morgan fingerprint density at radius 3 is 2.95 bits per heavy atom. The van der Waals surface area contributed by atoms with Gasteiger partial charge >= 0.3 is 6.18 Å². The molecule has 0 radical (unpaired) electrons. The lowest BCUT2D eigenvalue weighted by molar-refractivity contribution is -0.154. The van der Waals surface area contributed by atoms with Crippen LogP contribution in [0.15, 0.2) is 18.3 Å². The molecule has 0 spiro atoms.